The van der Waals surface area contributed by atoms with Crippen LogP contribution in [0, 0.1) is 5.82 Å². The first kappa shape index (κ1) is 14.0. The normalized spacial score (nSPS) is 17.0. The average Bonchev–Trinajstić information content (AvgIpc) is 2.95. The number of halogens is 1. The van der Waals surface area contributed by atoms with Crippen molar-refractivity contribution in [2.24, 2.45) is 7.05 Å². The molecule has 0 atom stereocenters. The Labute approximate surface area is 131 Å². The van der Waals surface area contributed by atoms with E-state index in [0.717, 1.165) is 5.69 Å². The van der Waals surface area contributed by atoms with Crippen molar-refractivity contribution in [3.63, 3.8) is 0 Å². The van der Waals surface area contributed by atoms with Crippen LogP contribution in [0.5, 0.6) is 0 Å². The Morgan fingerprint density at radius 1 is 1.29 bits per heavy atom. The van der Waals surface area contributed by atoms with Gasteiger partial charge in [-0.05, 0) is 36.4 Å². The quantitative estimate of drug-likeness (QED) is 0.625. The lowest BCUT2D eigenvalue weighted by molar-refractivity contribution is -0.113. The predicted octanol–water partition coefficient (Wildman–Crippen LogP) is 3.57. The SMILES string of the molecule is Cn1cccc1C=C1SC(=S)N(c2cccc(F)c2)C1=O. The van der Waals surface area contributed by atoms with Gasteiger partial charge in [0.05, 0.1) is 10.6 Å². The molecule has 0 spiro atoms. The second kappa shape index (κ2) is 5.46. The molecule has 1 fully saturated rings. The molecular formula is C15H11FN2OS2. The number of hydrogen-bond acceptors (Lipinski definition) is 3. The molecule has 2 aromatic rings. The topological polar surface area (TPSA) is 25.2 Å². The van der Waals surface area contributed by atoms with Gasteiger partial charge in [0.25, 0.3) is 5.91 Å². The van der Waals surface area contributed by atoms with E-state index in [2.05, 4.69) is 0 Å². The summed E-state index contributed by atoms with van der Waals surface area (Å²) in [6.45, 7) is 0. The van der Waals surface area contributed by atoms with Gasteiger partial charge in [-0.15, -0.1) is 0 Å². The van der Waals surface area contributed by atoms with Crippen molar-refractivity contribution in [1.29, 1.82) is 0 Å². The molecule has 0 N–H and O–H groups in total. The molecule has 0 radical (unpaired) electrons. The first-order chi connectivity index (χ1) is 10.1. The van der Waals surface area contributed by atoms with Crippen molar-refractivity contribution in [3.8, 4) is 0 Å². The molecule has 1 aromatic carbocycles. The third-order valence-electron chi connectivity index (χ3n) is 3.12. The van der Waals surface area contributed by atoms with Crippen LogP contribution in [0.1, 0.15) is 5.69 Å². The van der Waals surface area contributed by atoms with E-state index in [9.17, 15) is 9.18 Å². The molecule has 2 heterocycles. The Hall–Kier alpha value is -1.92. The molecule has 3 rings (SSSR count). The molecule has 1 saturated heterocycles. The zero-order valence-corrected chi connectivity index (χ0v) is 12.7. The van der Waals surface area contributed by atoms with Crippen LogP contribution in [0.15, 0.2) is 47.5 Å². The van der Waals surface area contributed by atoms with Gasteiger partial charge in [-0.2, -0.15) is 0 Å². The van der Waals surface area contributed by atoms with Crippen molar-refractivity contribution < 1.29 is 9.18 Å². The highest BCUT2D eigenvalue weighted by molar-refractivity contribution is 8.27. The fraction of sp³-hybridized carbons (Fsp3) is 0.0667. The van der Waals surface area contributed by atoms with Crippen LogP contribution >= 0.6 is 24.0 Å². The van der Waals surface area contributed by atoms with Gasteiger partial charge >= 0.3 is 0 Å². The first-order valence-electron chi connectivity index (χ1n) is 6.21. The smallest absolute Gasteiger partial charge is 0.270 e. The summed E-state index contributed by atoms with van der Waals surface area (Å²) in [6.07, 6.45) is 3.69. The summed E-state index contributed by atoms with van der Waals surface area (Å²) in [5, 5.41) is 0. The van der Waals surface area contributed by atoms with E-state index >= 15 is 0 Å². The van der Waals surface area contributed by atoms with Gasteiger partial charge in [-0.25, -0.2) is 4.39 Å². The maximum absolute atomic E-state index is 13.3. The third-order valence-corrected chi connectivity index (χ3v) is 4.43. The lowest BCUT2D eigenvalue weighted by atomic mass is 10.2. The van der Waals surface area contributed by atoms with E-state index in [4.69, 9.17) is 12.2 Å². The predicted molar refractivity (Wildman–Crippen MR) is 87.5 cm³/mol. The summed E-state index contributed by atoms with van der Waals surface area (Å²) in [5.74, 6) is -0.621. The second-order valence-corrected chi connectivity index (χ2v) is 6.22. The van der Waals surface area contributed by atoms with E-state index in [1.807, 2.05) is 29.9 Å². The zero-order valence-electron chi connectivity index (χ0n) is 11.1. The fourth-order valence-corrected chi connectivity index (χ4v) is 3.35. The van der Waals surface area contributed by atoms with Crippen LogP contribution < -0.4 is 4.90 Å². The molecule has 6 heteroatoms. The van der Waals surface area contributed by atoms with Gasteiger partial charge in [0.15, 0.2) is 4.32 Å². The Morgan fingerprint density at radius 3 is 2.76 bits per heavy atom. The number of carbonyl (C=O) groups excluding carboxylic acids is 1. The minimum absolute atomic E-state index is 0.225. The Balaban J connectivity index is 1.96. The number of amides is 1. The Morgan fingerprint density at radius 2 is 2.10 bits per heavy atom. The van der Waals surface area contributed by atoms with Gasteiger partial charge in [0.2, 0.25) is 0 Å². The van der Waals surface area contributed by atoms with Gasteiger partial charge in [-0.3, -0.25) is 9.69 Å². The van der Waals surface area contributed by atoms with Crippen LogP contribution in [-0.2, 0) is 11.8 Å². The number of benzene rings is 1. The van der Waals surface area contributed by atoms with Crippen molar-refractivity contribution >= 4 is 46.0 Å². The molecule has 1 aliphatic heterocycles. The Bertz CT molecular complexity index is 767. The summed E-state index contributed by atoms with van der Waals surface area (Å²) < 4.78 is 15.6. The highest BCUT2D eigenvalue weighted by Crippen LogP contribution is 2.36. The summed E-state index contributed by atoms with van der Waals surface area (Å²) in [6, 6.07) is 9.68. The molecular weight excluding hydrogens is 307 g/mol. The maximum atomic E-state index is 13.3. The maximum Gasteiger partial charge on any atom is 0.270 e. The lowest BCUT2D eigenvalue weighted by Crippen LogP contribution is -2.27. The first-order valence-corrected chi connectivity index (χ1v) is 7.43. The summed E-state index contributed by atoms with van der Waals surface area (Å²) in [7, 11) is 1.90. The fourth-order valence-electron chi connectivity index (χ4n) is 2.06. The standard InChI is InChI=1S/C15H11FN2OS2/c1-17-7-3-6-11(17)9-13-14(19)18(15(20)21-13)12-5-2-4-10(16)8-12/h2-9H,1H3. The monoisotopic (exact) mass is 318 g/mol. The van der Waals surface area contributed by atoms with Crippen LogP contribution in [0.4, 0.5) is 10.1 Å². The van der Waals surface area contributed by atoms with Gasteiger partial charge in [-0.1, -0.05) is 30.0 Å². The van der Waals surface area contributed by atoms with Crippen molar-refractivity contribution in [1.82, 2.24) is 4.57 Å². The lowest BCUT2D eigenvalue weighted by Gasteiger charge is -2.14. The van der Waals surface area contributed by atoms with Crippen molar-refractivity contribution in [3.05, 3.63) is 59.0 Å². The molecule has 21 heavy (non-hydrogen) atoms. The third kappa shape index (κ3) is 2.64. The highest BCUT2D eigenvalue weighted by atomic mass is 32.2. The summed E-state index contributed by atoms with van der Waals surface area (Å²) in [4.78, 5) is 14.4. The van der Waals surface area contributed by atoms with Crippen molar-refractivity contribution in [2.75, 3.05) is 4.90 Å². The number of anilines is 1. The van der Waals surface area contributed by atoms with E-state index in [1.54, 1.807) is 18.2 Å². The number of thioether (sulfide) groups is 1. The molecule has 1 aliphatic rings. The molecule has 0 saturated carbocycles. The van der Waals surface area contributed by atoms with Gasteiger partial charge < -0.3 is 4.57 Å². The number of aromatic nitrogens is 1. The van der Waals surface area contributed by atoms with Crippen LogP contribution in [-0.4, -0.2) is 14.8 Å². The van der Waals surface area contributed by atoms with E-state index in [0.29, 0.717) is 14.9 Å². The van der Waals surface area contributed by atoms with E-state index in [1.165, 1.54) is 28.8 Å². The average molecular weight is 318 g/mol. The number of hydrogen-bond donors (Lipinski definition) is 0. The van der Waals surface area contributed by atoms with E-state index in [-0.39, 0.29) is 5.91 Å². The van der Waals surface area contributed by atoms with Crippen LogP contribution in [0.3, 0.4) is 0 Å². The molecule has 0 aliphatic carbocycles. The van der Waals surface area contributed by atoms with E-state index < -0.39 is 5.82 Å². The summed E-state index contributed by atoms with van der Waals surface area (Å²) in [5.41, 5.74) is 1.36. The minimum atomic E-state index is -0.395. The molecule has 1 amide bonds. The summed E-state index contributed by atoms with van der Waals surface area (Å²) >= 11 is 6.47. The van der Waals surface area contributed by atoms with Crippen molar-refractivity contribution in [2.45, 2.75) is 0 Å². The number of rotatable bonds is 2. The Kier molecular flexibility index (Phi) is 3.65. The molecule has 0 bridgehead atoms. The number of carbonyl (C=O) groups is 1. The number of thiocarbonyl (C=S) groups is 1. The molecule has 0 unspecified atom stereocenters. The second-order valence-electron chi connectivity index (χ2n) is 4.54. The van der Waals surface area contributed by atoms with Gasteiger partial charge in [0.1, 0.15) is 5.82 Å². The zero-order chi connectivity index (χ0) is 15.0. The van der Waals surface area contributed by atoms with Crippen LogP contribution in [0.2, 0.25) is 0 Å². The molecule has 106 valence electrons. The highest BCUT2D eigenvalue weighted by Gasteiger charge is 2.33. The van der Waals surface area contributed by atoms with Crippen LogP contribution in [0.25, 0.3) is 6.08 Å². The van der Waals surface area contributed by atoms with Gasteiger partial charge in [0, 0.05) is 18.9 Å². The number of aryl methyl sites for hydroxylation is 1. The number of nitrogens with zero attached hydrogens (tertiary/aromatic N) is 2. The molecule has 1 aromatic heterocycles. The minimum Gasteiger partial charge on any atom is -0.351 e. The largest absolute Gasteiger partial charge is 0.351 e. The molecule has 3 nitrogen and oxygen atoms in total.